The first-order chi connectivity index (χ1) is 24.7. The minimum Gasteiger partial charge on any atom is -0.309 e. The molecule has 7 aromatic carbocycles. The molecule has 8 rings (SSSR count). The van der Waals surface area contributed by atoms with Crippen molar-refractivity contribution < 1.29 is 9.46 Å². The van der Waals surface area contributed by atoms with Crippen LogP contribution in [0.3, 0.4) is 0 Å². The average molecular weight is 701 g/mol. The quantitative estimate of drug-likeness (QED) is 0.169. The molecule has 0 amide bonds. The lowest BCUT2D eigenvalue weighted by Gasteiger charge is -2.25. The van der Waals surface area contributed by atoms with Crippen molar-refractivity contribution in [3.8, 4) is 5.69 Å². The van der Waals surface area contributed by atoms with Crippen LogP contribution in [0.2, 0.25) is 0 Å². The van der Waals surface area contributed by atoms with Gasteiger partial charge in [-0.2, -0.15) is 0 Å². The number of fused-ring (bicyclic) bond motifs is 3. The average Bonchev–Trinajstić information content (AvgIpc) is 3.49. The Labute approximate surface area is 300 Å². The van der Waals surface area contributed by atoms with Crippen LogP contribution in [0.1, 0.15) is 22.3 Å². The van der Waals surface area contributed by atoms with E-state index < -0.39 is 14.6 Å². The molecule has 0 saturated carbocycles. The van der Waals surface area contributed by atoms with Crippen molar-refractivity contribution >= 4 is 68.3 Å². The highest BCUT2D eigenvalue weighted by Gasteiger charge is 2.46. The SMILES string of the molecule is Cc1ccc(P(=O)(c2ccc(C)cc2)c2cc(-n3c4ccccc4c4ccccc43)cc([P+](O)(c3ccc(C)cc3)c3ccc(C)cc3)c2)cc1. The van der Waals surface area contributed by atoms with Gasteiger partial charge in [0.25, 0.3) is 0 Å². The zero-order chi connectivity index (χ0) is 35.3. The van der Waals surface area contributed by atoms with Crippen LogP contribution in [0.4, 0.5) is 0 Å². The van der Waals surface area contributed by atoms with Gasteiger partial charge in [-0.05, 0) is 76.2 Å². The van der Waals surface area contributed by atoms with Gasteiger partial charge in [-0.3, -0.25) is 0 Å². The van der Waals surface area contributed by atoms with E-state index in [9.17, 15) is 4.89 Å². The first-order valence-corrected chi connectivity index (χ1v) is 20.8. The summed E-state index contributed by atoms with van der Waals surface area (Å²) >= 11 is 0. The van der Waals surface area contributed by atoms with E-state index in [4.69, 9.17) is 0 Å². The van der Waals surface area contributed by atoms with Crippen LogP contribution in [-0.4, -0.2) is 9.46 Å². The van der Waals surface area contributed by atoms with Crippen LogP contribution in [0.15, 0.2) is 164 Å². The second kappa shape index (κ2) is 12.9. The summed E-state index contributed by atoms with van der Waals surface area (Å²) in [7, 11) is -6.71. The Bertz CT molecular complexity index is 2440. The van der Waals surface area contributed by atoms with Gasteiger partial charge in [-0.1, -0.05) is 131 Å². The number of para-hydroxylation sites is 2. The van der Waals surface area contributed by atoms with Crippen molar-refractivity contribution in [2.75, 3.05) is 0 Å². The molecule has 250 valence electrons. The number of benzene rings is 7. The molecule has 0 atom stereocenters. The van der Waals surface area contributed by atoms with Crippen molar-refractivity contribution in [1.29, 1.82) is 0 Å². The summed E-state index contributed by atoms with van der Waals surface area (Å²) in [5, 5.41) is 6.94. The third-order valence-electron chi connectivity index (χ3n) is 10.1. The van der Waals surface area contributed by atoms with Crippen LogP contribution in [0.25, 0.3) is 27.5 Å². The molecule has 0 aliphatic rings. The van der Waals surface area contributed by atoms with Gasteiger partial charge in [0.15, 0.2) is 7.14 Å². The number of rotatable bonds is 7. The van der Waals surface area contributed by atoms with Gasteiger partial charge in [-0.25, -0.2) is 4.89 Å². The summed E-state index contributed by atoms with van der Waals surface area (Å²) in [5.74, 6) is 0. The minimum atomic E-state index is -3.47. The number of hydrogen-bond donors (Lipinski definition) is 1. The lowest BCUT2D eigenvalue weighted by molar-refractivity contribution is 0.592. The predicted molar refractivity (Wildman–Crippen MR) is 220 cm³/mol. The Hall–Kier alpha value is -5.04. The number of hydrogen-bond acceptors (Lipinski definition) is 2. The molecule has 0 bridgehead atoms. The molecule has 0 fully saturated rings. The normalized spacial score (nSPS) is 12.1. The molecule has 3 nitrogen and oxygen atoms in total. The predicted octanol–water partition coefficient (Wildman–Crippen LogP) is 8.86. The molecule has 0 aliphatic carbocycles. The number of nitrogens with zero attached hydrogens (tertiary/aromatic N) is 1. The Kier molecular flexibility index (Phi) is 8.40. The van der Waals surface area contributed by atoms with Gasteiger partial charge in [0.05, 0.1) is 16.7 Å². The molecule has 0 radical (unpaired) electrons. The summed E-state index contributed by atoms with van der Waals surface area (Å²) in [6.45, 7) is 8.23. The molecule has 0 aliphatic heterocycles. The van der Waals surface area contributed by atoms with Gasteiger partial charge >= 0.3 is 0 Å². The smallest absolute Gasteiger partial charge is 0.238 e. The fourth-order valence-electron chi connectivity index (χ4n) is 7.20. The van der Waals surface area contributed by atoms with E-state index in [0.717, 1.165) is 76.3 Å². The van der Waals surface area contributed by atoms with E-state index in [0.29, 0.717) is 5.30 Å². The van der Waals surface area contributed by atoms with Crippen molar-refractivity contribution in [2.45, 2.75) is 27.7 Å². The largest absolute Gasteiger partial charge is 0.309 e. The highest BCUT2D eigenvalue weighted by atomic mass is 31.2. The first kappa shape index (κ1) is 33.1. The highest BCUT2D eigenvalue weighted by molar-refractivity contribution is 7.91. The van der Waals surface area contributed by atoms with Gasteiger partial charge in [0.2, 0.25) is 7.49 Å². The fraction of sp³-hybridized carbons (Fsp3) is 0.0870. The van der Waals surface area contributed by atoms with Crippen LogP contribution in [-0.2, 0) is 4.57 Å². The molecule has 1 heterocycles. The van der Waals surface area contributed by atoms with E-state index in [2.05, 4.69) is 141 Å². The molecule has 8 aromatic rings. The summed E-state index contributed by atoms with van der Waals surface area (Å²) < 4.78 is 18.5. The molecular weight excluding hydrogens is 660 g/mol. The zero-order valence-electron chi connectivity index (χ0n) is 29.3. The zero-order valence-corrected chi connectivity index (χ0v) is 31.1. The van der Waals surface area contributed by atoms with E-state index in [1.165, 1.54) is 0 Å². The molecule has 0 saturated heterocycles. The van der Waals surface area contributed by atoms with Crippen molar-refractivity contribution in [2.24, 2.45) is 0 Å². The molecule has 1 N–H and O–H groups in total. The lowest BCUT2D eigenvalue weighted by atomic mass is 10.2. The summed E-state index contributed by atoms with van der Waals surface area (Å²) in [5.41, 5.74) is 7.41. The minimum absolute atomic E-state index is 0.683. The summed E-state index contributed by atoms with van der Waals surface area (Å²) in [6.07, 6.45) is 0. The Balaban J connectivity index is 1.52. The second-order valence-electron chi connectivity index (χ2n) is 13.7. The van der Waals surface area contributed by atoms with Gasteiger partial charge in [0.1, 0.15) is 15.9 Å². The Morgan fingerprint density at radius 3 is 1.27 bits per heavy atom. The van der Waals surface area contributed by atoms with Crippen molar-refractivity contribution in [1.82, 2.24) is 4.57 Å². The van der Waals surface area contributed by atoms with Crippen LogP contribution < -0.4 is 31.8 Å². The van der Waals surface area contributed by atoms with E-state index >= 15 is 4.57 Å². The Morgan fingerprint density at radius 1 is 0.451 bits per heavy atom. The van der Waals surface area contributed by atoms with E-state index in [1.54, 1.807) is 0 Å². The van der Waals surface area contributed by atoms with Crippen LogP contribution in [0.5, 0.6) is 0 Å². The maximum Gasteiger partial charge on any atom is 0.238 e. The Morgan fingerprint density at radius 2 is 0.843 bits per heavy atom. The maximum atomic E-state index is 16.3. The van der Waals surface area contributed by atoms with E-state index in [1.807, 2.05) is 54.6 Å². The maximum absolute atomic E-state index is 16.3. The number of aromatic nitrogens is 1. The first-order valence-electron chi connectivity index (χ1n) is 17.3. The molecule has 1 aromatic heterocycles. The summed E-state index contributed by atoms with van der Waals surface area (Å²) in [4.78, 5) is 13.5. The third kappa shape index (κ3) is 5.67. The van der Waals surface area contributed by atoms with Gasteiger partial charge in [0, 0.05) is 32.8 Å². The third-order valence-corrected chi connectivity index (χ3v) is 16.2. The number of aryl methyl sites for hydroxylation is 4. The summed E-state index contributed by atoms with van der Waals surface area (Å²) in [6, 6.07) is 55.8. The van der Waals surface area contributed by atoms with E-state index in [-0.39, 0.29) is 0 Å². The molecule has 0 unspecified atom stereocenters. The van der Waals surface area contributed by atoms with Gasteiger partial charge in [-0.15, -0.1) is 0 Å². The van der Waals surface area contributed by atoms with Gasteiger partial charge < -0.3 is 9.13 Å². The standard InChI is InChI=1S/C46H40NO2P2/c1-32-13-21-37(22-14-32)50(48,38-23-15-33(2)16-24-38)41-29-36(47-45-11-7-5-9-43(45)44-10-6-8-12-46(44)47)30-42(31-41)51(49,39-25-17-34(3)18-26-39)40-27-19-35(4)20-28-40/h5-31,48H,1-4H3/q+1. The molecule has 0 spiro atoms. The second-order valence-corrected chi connectivity index (χ2v) is 19.3. The van der Waals surface area contributed by atoms with Crippen LogP contribution in [0, 0.1) is 27.7 Å². The monoisotopic (exact) mass is 700 g/mol. The fourth-order valence-corrected chi connectivity index (χ4v) is 12.7. The van der Waals surface area contributed by atoms with Crippen molar-refractivity contribution in [3.05, 3.63) is 186 Å². The lowest BCUT2D eigenvalue weighted by Crippen LogP contribution is -2.34. The van der Waals surface area contributed by atoms with Crippen LogP contribution >= 0.6 is 14.6 Å². The van der Waals surface area contributed by atoms with Crippen molar-refractivity contribution in [3.63, 3.8) is 0 Å². The molecule has 51 heavy (non-hydrogen) atoms. The topological polar surface area (TPSA) is 42.2 Å². The highest BCUT2D eigenvalue weighted by Crippen LogP contribution is 2.53. The molecule has 5 heteroatoms. The molecular formula is C46H40NO2P2+.